The van der Waals surface area contributed by atoms with Crippen molar-refractivity contribution in [2.45, 2.75) is 33.4 Å². The molecule has 1 aromatic carbocycles. The van der Waals surface area contributed by atoms with Crippen molar-refractivity contribution in [2.75, 3.05) is 7.05 Å². The van der Waals surface area contributed by atoms with E-state index in [-0.39, 0.29) is 0 Å². The SMILES string of the molecule is CCc1ccc(CNC(=NC)NCc2ccccc2C)s1. The van der Waals surface area contributed by atoms with Gasteiger partial charge in [0.25, 0.3) is 0 Å². The lowest BCUT2D eigenvalue weighted by atomic mass is 10.1. The predicted octanol–water partition coefficient (Wildman–Crippen LogP) is 3.48. The molecule has 1 aromatic heterocycles. The van der Waals surface area contributed by atoms with Crippen LogP contribution in [0.5, 0.6) is 0 Å². The summed E-state index contributed by atoms with van der Waals surface area (Å²) in [7, 11) is 1.80. The second kappa shape index (κ2) is 7.84. The molecular formula is C17H23N3S. The Kier molecular flexibility index (Phi) is 5.81. The van der Waals surface area contributed by atoms with Gasteiger partial charge in [-0.15, -0.1) is 11.3 Å². The average molecular weight is 301 g/mol. The van der Waals surface area contributed by atoms with Crippen LogP contribution in [0.15, 0.2) is 41.4 Å². The molecule has 0 saturated carbocycles. The molecule has 0 unspecified atom stereocenters. The first kappa shape index (κ1) is 15.6. The Labute approximate surface area is 131 Å². The van der Waals surface area contributed by atoms with Gasteiger partial charge in [0, 0.05) is 23.3 Å². The van der Waals surface area contributed by atoms with Crippen molar-refractivity contribution in [3.05, 3.63) is 57.3 Å². The van der Waals surface area contributed by atoms with Gasteiger partial charge in [0.05, 0.1) is 6.54 Å². The first-order valence-corrected chi connectivity index (χ1v) is 8.11. The molecule has 1 heterocycles. The maximum absolute atomic E-state index is 4.27. The summed E-state index contributed by atoms with van der Waals surface area (Å²) in [6, 6.07) is 12.8. The summed E-state index contributed by atoms with van der Waals surface area (Å²) in [5.41, 5.74) is 2.59. The van der Waals surface area contributed by atoms with Crippen LogP contribution in [0, 0.1) is 6.92 Å². The molecule has 0 aliphatic rings. The lowest BCUT2D eigenvalue weighted by Gasteiger charge is -2.12. The van der Waals surface area contributed by atoms with Crippen molar-refractivity contribution < 1.29 is 0 Å². The number of nitrogens with one attached hydrogen (secondary N) is 2. The minimum Gasteiger partial charge on any atom is -0.352 e. The average Bonchev–Trinajstić information content (AvgIpc) is 2.97. The molecule has 0 saturated heterocycles. The summed E-state index contributed by atoms with van der Waals surface area (Å²) in [5.74, 6) is 0.838. The third-order valence-corrected chi connectivity index (χ3v) is 4.66. The monoisotopic (exact) mass is 301 g/mol. The fraction of sp³-hybridized carbons (Fsp3) is 0.353. The molecular weight excluding hydrogens is 278 g/mol. The zero-order valence-corrected chi connectivity index (χ0v) is 13.8. The van der Waals surface area contributed by atoms with Gasteiger partial charge in [-0.2, -0.15) is 0 Å². The smallest absolute Gasteiger partial charge is 0.191 e. The molecule has 21 heavy (non-hydrogen) atoms. The fourth-order valence-electron chi connectivity index (χ4n) is 2.09. The molecule has 0 amide bonds. The van der Waals surface area contributed by atoms with Crippen molar-refractivity contribution >= 4 is 17.3 Å². The van der Waals surface area contributed by atoms with Crippen LogP contribution in [0.2, 0.25) is 0 Å². The molecule has 4 heteroatoms. The van der Waals surface area contributed by atoms with E-state index in [1.54, 1.807) is 7.05 Å². The molecule has 0 aliphatic carbocycles. The van der Waals surface area contributed by atoms with Gasteiger partial charge in [0.1, 0.15) is 0 Å². The van der Waals surface area contributed by atoms with Gasteiger partial charge >= 0.3 is 0 Å². The summed E-state index contributed by atoms with van der Waals surface area (Å²) < 4.78 is 0. The molecule has 0 aliphatic heterocycles. The lowest BCUT2D eigenvalue weighted by Crippen LogP contribution is -2.36. The molecule has 2 aromatic rings. The van der Waals surface area contributed by atoms with Gasteiger partial charge < -0.3 is 10.6 Å². The van der Waals surface area contributed by atoms with Crippen molar-refractivity contribution in [1.82, 2.24) is 10.6 Å². The van der Waals surface area contributed by atoms with Crippen LogP contribution < -0.4 is 10.6 Å². The molecule has 0 radical (unpaired) electrons. The van der Waals surface area contributed by atoms with Crippen LogP contribution in [0.4, 0.5) is 0 Å². The number of aliphatic imine (C=N–C) groups is 1. The van der Waals surface area contributed by atoms with E-state index in [4.69, 9.17) is 0 Å². The van der Waals surface area contributed by atoms with Crippen LogP contribution >= 0.6 is 11.3 Å². The van der Waals surface area contributed by atoms with E-state index in [1.807, 2.05) is 11.3 Å². The Balaban J connectivity index is 1.85. The molecule has 0 atom stereocenters. The van der Waals surface area contributed by atoms with Crippen molar-refractivity contribution in [2.24, 2.45) is 4.99 Å². The highest BCUT2D eigenvalue weighted by molar-refractivity contribution is 7.11. The van der Waals surface area contributed by atoms with Crippen molar-refractivity contribution in [1.29, 1.82) is 0 Å². The maximum atomic E-state index is 4.27. The highest BCUT2D eigenvalue weighted by Crippen LogP contribution is 2.16. The van der Waals surface area contributed by atoms with Gasteiger partial charge in [-0.25, -0.2) is 0 Å². The Morgan fingerprint density at radius 1 is 1.05 bits per heavy atom. The highest BCUT2D eigenvalue weighted by atomic mass is 32.1. The molecule has 0 spiro atoms. The zero-order chi connectivity index (χ0) is 15.1. The number of nitrogens with zero attached hydrogens (tertiary/aromatic N) is 1. The quantitative estimate of drug-likeness (QED) is 0.655. The summed E-state index contributed by atoms with van der Waals surface area (Å²) >= 11 is 1.86. The predicted molar refractivity (Wildman–Crippen MR) is 91.9 cm³/mol. The first-order valence-electron chi connectivity index (χ1n) is 7.29. The molecule has 0 fully saturated rings. The summed E-state index contributed by atoms with van der Waals surface area (Å²) in [5, 5.41) is 6.72. The van der Waals surface area contributed by atoms with E-state index in [9.17, 15) is 0 Å². The summed E-state index contributed by atoms with van der Waals surface area (Å²) in [6.07, 6.45) is 1.10. The standard InChI is InChI=1S/C17H23N3S/c1-4-15-9-10-16(21-15)12-20-17(18-3)19-11-14-8-6-5-7-13(14)2/h5-10H,4,11-12H2,1-3H3,(H2,18,19,20). The molecule has 2 N–H and O–H groups in total. The van der Waals surface area contributed by atoms with Crippen molar-refractivity contribution in [3.8, 4) is 0 Å². The van der Waals surface area contributed by atoms with Gasteiger partial charge in [-0.05, 0) is 36.6 Å². The Morgan fingerprint density at radius 2 is 1.76 bits per heavy atom. The highest BCUT2D eigenvalue weighted by Gasteiger charge is 2.02. The minimum atomic E-state index is 0.789. The number of guanidine groups is 1. The molecule has 2 rings (SSSR count). The van der Waals surface area contributed by atoms with E-state index in [1.165, 1.54) is 20.9 Å². The zero-order valence-electron chi connectivity index (χ0n) is 12.9. The Morgan fingerprint density at radius 3 is 2.43 bits per heavy atom. The molecule has 0 bridgehead atoms. The molecule has 3 nitrogen and oxygen atoms in total. The molecule has 112 valence electrons. The number of hydrogen-bond donors (Lipinski definition) is 2. The number of thiophene rings is 1. The maximum Gasteiger partial charge on any atom is 0.191 e. The second-order valence-corrected chi connectivity index (χ2v) is 6.18. The normalized spacial score (nSPS) is 11.5. The van der Waals surface area contributed by atoms with E-state index in [0.29, 0.717) is 0 Å². The minimum absolute atomic E-state index is 0.789. The van der Waals surface area contributed by atoms with Crippen LogP contribution in [0.3, 0.4) is 0 Å². The third kappa shape index (κ3) is 4.60. The van der Waals surface area contributed by atoms with Gasteiger partial charge in [0.2, 0.25) is 0 Å². The van der Waals surface area contributed by atoms with E-state index in [0.717, 1.165) is 25.5 Å². The van der Waals surface area contributed by atoms with Crippen molar-refractivity contribution in [3.63, 3.8) is 0 Å². The fourth-order valence-corrected chi connectivity index (χ4v) is 2.98. The number of benzene rings is 1. The van der Waals surface area contributed by atoms with Crippen LogP contribution in [0.25, 0.3) is 0 Å². The second-order valence-electron chi connectivity index (χ2n) is 4.93. The largest absolute Gasteiger partial charge is 0.352 e. The van der Waals surface area contributed by atoms with Crippen LogP contribution in [-0.2, 0) is 19.5 Å². The Hall–Kier alpha value is -1.81. The summed E-state index contributed by atoms with van der Waals surface area (Å²) in [4.78, 5) is 7.04. The van der Waals surface area contributed by atoms with Gasteiger partial charge in [0.15, 0.2) is 5.96 Å². The van der Waals surface area contributed by atoms with Crippen LogP contribution in [0.1, 0.15) is 27.8 Å². The lowest BCUT2D eigenvalue weighted by molar-refractivity contribution is 0.812. The van der Waals surface area contributed by atoms with Crippen LogP contribution in [-0.4, -0.2) is 13.0 Å². The number of aryl methyl sites for hydroxylation is 2. The first-order chi connectivity index (χ1) is 10.2. The van der Waals surface area contributed by atoms with E-state index >= 15 is 0 Å². The summed E-state index contributed by atoms with van der Waals surface area (Å²) in [6.45, 7) is 5.92. The topological polar surface area (TPSA) is 36.4 Å². The number of hydrogen-bond acceptors (Lipinski definition) is 2. The van der Waals surface area contributed by atoms with E-state index < -0.39 is 0 Å². The van der Waals surface area contributed by atoms with Gasteiger partial charge in [-0.1, -0.05) is 31.2 Å². The Bertz CT molecular complexity index is 602. The third-order valence-electron chi connectivity index (χ3n) is 3.43. The van der Waals surface area contributed by atoms with E-state index in [2.05, 4.69) is 65.9 Å². The number of rotatable bonds is 5. The van der Waals surface area contributed by atoms with Gasteiger partial charge in [-0.3, -0.25) is 4.99 Å².